The van der Waals surface area contributed by atoms with Gasteiger partial charge in [0.15, 0.2) is 0 Å². The number of amides is 2. The van der Waals surface area contributed by atoms with Crippen LogP contribution < -0.4 is 10.1 Å². The molecule has 1 rings (SSSR count). The Morgan fingerprint density at radius 1 is 1.30 bits per heavy atom. The van der Waals surface area contributed by atoms with Crippen molar-refractivity contribution in [3.8, 4) is 5.75 Å². The Labute approximate surface area is 172 Å². The van der Waals surface area contributed by atoms with Crippen molar-refractivity contribution in [2.75, 3.05) is 38.7 Å². The van der Waals surface area contributed by atoms with Gasteiger partial charge in [0.05, 0.1) is 13.2 Å². The summed E-state index contributed by atoms with van der Waals surface area (Å²) in [6, 6.07) is 7.32. The molecule has 9 heteroatoms. The summed E-state index contributed by atoms with van der Waals surface area (Å²) in [5.74, 6) is -0.369. The lowest BCUT2D eigenvalue weighted by molar-refractivity contribution is -0.137. The van der Waals surface area contributed by atoms with Crippen LogP contribution >= 0.6 is 27.5 Å². The molecule has 0 fully saturated rings. The number of halogens is 2. The van der Waals surface area contributed by atoms with Crippen LogP contribution in [0.25, 0.3) is 0 Å². The van der Waals surface area contributed by atoms with E-state index in [9.17, 15) is 19.8 Å². The summed E-state index contributed by atoms with van der Waals surface area (Å²) < 4.78 is 6.54. The van der Waals surface area contributed by atoms with E-state index >= 15 is 0 Å². The molecule has 0 aliphatic rings. The molecule has 0 aromatic heterocycles. The van der Waals surface area contributed by atoms with Gasteiger partial charge in [-0.2, -0.15) is 0 Å². The predicted octanol–water partition coefficient (Wildman–Crippen LogP) is 1.39. The van der Waals surface area contributed by atoms with Crippen LogP contribution in [0.4, 0.5) is 0 Å². The van der Waals surface area contributed by atoms with Crippen molar-refractivity contribution < 1.29 is 24.5 Å². The molecule has 152 valence electrons. The lowest BCUT2D eigenvalue weighted by Gasteiger charge is -2.28. The molecule has 0 aliphatic heterocycles. The first-order valence-electron chi connectivity index (χ1n) is 8.50. The second-order valence-corrected chi connectivity index (χ2v) is 7.84. The van der Waals surface area contributed by atoms with Crippen molar-refractivity contribution in [2.45, 2.75) is 20.0 Å². The number of ether oxygens (including phenoxy) is 1. The van der Waals surface area contributed by atoms with Gasteiger partial charge >= 0.3 is 0 Å². The van der Waals surface area contributed by atoms with E-state index in [1.165, 1.54) is 4.90 Å². The minimum Gasteiger partial charge on any atom is -0.492 e. The quantitative estimate of drug-likeness (QED) is 0.429. The SMILES string of the molecule is CC(C)(CO)C(O)C(=O)NCCN(CCOc1ccc(Br)cc1)C(=O)CCl. The second-order valence-electron chi connectivity index (χ2n) is 6.66. The third-order valence-corrected chi connectivity index (χ3v) is 4.74. The van der Waals surface area contributed by atoms with E-state index in [1.54, 1.807) is 13.8 Å². The molecule has 3 N–H and O–H groups in total. The molecule has 0 heterocycles. The lowest BCUT2D eigenvalue weighted by Crippen LogP contribution is -2.48. The van der Waals surface area contributed by atoms with Crippen LogP contribution in [0.5, 0.6) is 5.75 Å². The van der Waals surface area contributed by atoms with E-state index in [0.717, 1.165) is 4.47 Å². The molecule has 2 amide bonds. The summed E-state index contributed by atoms with van der Waals surface area (Å²) in [4.78, 5) is 25.4. The van der Waals surface area contributed by atoms with Gasteiger partial charge in [0.25, 0.3) is 0 Å². The van der Waals surface area contributed by atoms with Gasteiger partial charge in [0, 0.05) is 23.0 Å². The minimum atomic E-state index is -1.35. The van der Waals surface area contributed by atoms with E-state index in [0.29, 0.717) is 12.3 Å². The Bertz CT molecular complexity index is 612. The van der Waals surface area contributed by atoms with Crippen molar-refractivity contribution in [3.05, 3.63) is 28.7 Å². The maximum Gasteiger partial charge on any atom is 0.249 e. The number of aliphatic hydroxyl groups is 2. The third-order valence-electron chi connectivity index (χ3n) is 3.99. The smallest absolute Gasteiger partial charge is 0.249 e. The second kappa shape index (κ2) is 11.5. The summed E-state index contributed by atoms with van der Waals surface area (Å²) in [5, 5.41) is 21.7. The highest BCUT2D eigenvalue weighted by molar-refractivity contribution is 9.10. The molecule has 0 saturated heterocycles. The Morgan fingerprint density at radius 2 is 1.93 bits per heavy atom. The summed E-state index contributed by atoms with van der Waals surface area (Å²) >= 11 is 8.98. The zero-order valence-electron chi connectivity index (χ0n) is 15.5. The number of hydrogen-bond acceptors (Lipinski definition) is 5. The fourth-order valence-electron chi connectivity index (χ4n) is 2.10. The molecule has 0 radical (unpaired) electrons. The lowest BCUT2D eigenvalue weighted by atomic mass is 9.87. The number of nitrogens with zero attached hydrogens (tertiary/aromatic N) is 1. The van der Waals surface area contributed by atoms with Crippen LogP contribution in [0.3, 0.4) is 0 Å². The number of alkyl halides is 1. The molecule has 0 bridgehead atoms. The standard InChI is InChI=1S/C18H26BrClN2O5/c1-18(2,12-23)16(25)17(26)21-7-8-22(15(24)11-20)9-10-27-14-5-3-13(19)4-6-14/h3-6,16,23,25H,7-12H2,1-2H3,(H,21,26). The van der Waals surface area contributed by atoms with Gasteiger partial charge in [-0.1, -0.05) is 29.8 Å². The average Bonchev–Trinajstić information content (AvgIpc) is 2.66. The zero-order valence-corrected chi connectivity index (χ0v) is 17.8. The minimum absolute atomic E-state index is 0.151. The van der Waals surface area contributed by atoms with Crippen LogP contribution in [0.2, 0.25) is 0 Å². The summed E-state index contributed by atoms with van der Waals surface area (Å²) in [6.45, 7) is 3.80. The molecule has 7 nitrogen and oxygen atoms in total. The highest BCUT2D eigenvalue weighted by atomic mass is 79.9. The molecule has 0 aliphatic carbocycles. The van der Waals surface area contributed by atoms with Crippen molar-refractivity contribution in [3.63, 3.8) is 0 Å². The van der Waals surface area contributed by atoms with E-state index in [4.69, 9.17) is 16.3 Å². The number of carbonyl (C=O) groups is 2. The van der Waals surface area contributed by atoms with Gasteiger partial charge in [0.1, 0.15) is 24.3 Å². The number of carbonyl (C=O) groups excluding carboxylic acids is 2. The van der Waals surface area contributed by atoms with Crippen LogP contribution in [-0.2, 0) is 9.59 Å². The highest BCUT2D eigenvalue weighted by Gasteiger charge is 2.32. The largest absolute Gasteiger partial charge is 0.492 e. The number of nitrogens with one attached hydrogen (secondary N) is 1. The topological polar surface area (TPSA) is 99.1 Å². The van der Waals surface area contributed by atoms with Crippen LogP contribution in [-0.4, -0.2) is 71.8 Å². The number of rotatable bonds is 11. The molecule has 1 unspecified atom stereocenters. The number of hydrogen-bond donors (Lipinski definition) is 3. The summed E-state index contributed by atoms with van der Waals surface area (Å²) in [6.07, 6.45) is -1.35. The first-order chi connectivity index (χ1) is 12.7. The molecule has 0 spiro atoms. The van der Waals surface area contributed by atoms with Crippen LogP contribution in [0.1, 0.15) is 13.8 Å². The van der Waals surface area contributed by atoms with Crippen molar-refractivity contribution in [1.29, 1.82) is 0 Å². The highest BCUT2D eigenvalue weighted by Crippen LogP contribution is 2.19. The fourth-order valence-corrected chi connectivity index (χ4v) is 2.54. The van der Waals surface area contributed by atoms with Gasteiger partial charge < -0.3 is 25.2 Å². The molecule has 0 saturated carbocycles. The molecule has 1 atom stereocenters. The Morgan fingerprint density at radius 3 is 2.48 bits per heavy atom. The first-order valence-corrected chi connectivity index (χ1v) is 9.82. The molecule has 27 heavy (non-hydrogen) atoms. The van der Waals surface area contributed by atoms with Crippen LogP contribution in [0, 0.1) is 5.41 Å². The summed E-state index contributed by atoms with van der Waals surface area (Å²) in [7, 11) is 0. The van der Waals surface area contributed by atoms with Gasteiger partial charge in [-0.15, -0.1) is 11.6 Å². The maximum absolute atomic E-state index is 12.0. The van der Waals surface area contributed by atoms with E-state index in [2.05, 4.69) is 21.2 Å². The van der Waals surface area contributed by atoms with Crippen molar-refractivity contribution >= 4 is 39.3 Å². The van der Waals surface area contributed by atoms with Gasteiger partial charge in [0.2, 0.25) is 11.8 Å². The van der Waals surface area contributed by atoms with Gasteiger partial charge in [-0.25, -0.2) is 0 Å². The van der Waals surface area contributed by atoms with Crippen LogP contribution in [0.15, 0.2) is 28.7 Å². The monoisotopic (exact) mass is 464 g/mol. The predicted molar refractivity (Wildman–Crippen MR) is 107 cm³/mol. The molecule has 1 aromatic rings. The van der Waals surface area contributed by atoms with Crippen molar-refractivity contribution in [1.82, 2.24) is 10.2 Å². The Hall–Kier alpha value is -1.35. The third kappa shape index (κ3) is 8.04. The Balaban J connectivity index is 2.47. The zero-order chi connectivity index (χ0) is 20.4. The average molecular weight is 466 g/mol. The van der Waals surface area contributed by atoms with Crippen molar-refractivity contribution in [2.24, 2.45) is 5.41 Å². The van der Waals surface area contributed by atoms with Gasteiger partial charge in [-0.05, 0) is 24.3 Å². The molecular formula is C18H26BrClN2O5. The number of benzene rings is 1. The van der Waals surface area contributed by atoms with E-state index < -0.39 is 17.4 Å². The summed E-state index contributed by atoms with van der Waals surface area (Å²) in [5.41, 5.74) is -0.950. The number of aliphatic hydroxyl groups excluding tert-OH is 2. The fraction of sp³-hybridized carbons (Fsp3) is 0.556. The maximum atomic E-state index is 12.0. The normalized spacial score (nSPS) is 12.4. The first kappa shape index (κ1) is 23.7. The molecular weight excluding hydrogens is 440 g/mol. The van der Waals surface area contributed by atoms with Gasteiger partial charge in [-0.3, -0.25) is 9.59 Å². The Kier molecular flexibility index (Phi) is 10.1. The van der Waals surface area contributed by atoms with E-state index in [-0.39, 0.29) is 38.1 Å². The van der Waals surface area contributed by atoms with E-state index in [1.807, 2.05) is 24.3 Å². The molecule has 1 aromatic carbocycles.